The number of carboxylic acid groups (broad SMARTS) is 1. The second-order valence-electron chi connectivity index (χ2n) is 4.41. The first-order chi connectivity index (χ1) is 7.13. The monoisotopic (exact) mass is 209 g/mol. The van der Waals surface area contributed by atoms with E-state index in [1.807, 2.05) is 0 Å². The first-order valence-corrected chi connectivity index (χ1v) is 5.25. The minimum Gasteiger partial charge on any atom is -0.465 e. The molecule has 0 bridgehead atoms. The maximum Gasteiger partial charge on any atom is 0.407 e. The van der Waals surface area contributed by atoms with Gasteiger partial charge in [-0.1, -0.05) is 6.08 Å². The Morgan fingerprint density at radius 3 is 2.93 bits per heavy atom. The lowest BCUT2D eigenvalue weighted by Gasteiger charge is -2.16. The second-order valence-corrected chi connectivity index (χ2v) is 4.41. The highest BCUT2D eigenvalue weighted by Gasteiger charge is 2.47. The van der Waals surface area contributed by atoms with E-state index >= 15 is 0 Å². The number of allylic oxidation sites excluding steroid dienone is 1. The van der Waals surface area contributed by atoms with Crippen LogP contribution in [0.5, 0.6) is 0 Å². The van der Waals surface area contributed by atoms with Crippen molar-refractivity contribution >= 4 is 11.9 Å². The summed E-state index contributed by atoms with van der Waals surface area (Å²) in [5.41, 5.74) is 0. The summed E-state index contributed by atoms with van der Waals surface area (Å²) >= 11 is 0. The van der Waals surface area contributed by atoms with Crippen molar-refractivity contribution in [2.75, 3.05) is 13.1 Å². The van der Waals surface area contributed by atoms with Crippen molar-refractivity contribution in [2.45, 2.75) is 12.8 Å². The van der Waals surface area contributed by atoms with E-state index in [-0.39, 0.29) is 23.5 Å². The molecule has 0 spiro atoms. The fraction of sp³-hybridized carbons (Fsp3) is 0.636. The van der Waals surface area contributed by atoms with Gasteiger partial charge in [0.2, 0.25) is 0 Å². The van der Waals surface area contributed by atoms with Gasteiger partial charge in [-0.2, -0.15) is 0 Å². The smallest absolute Gasteiger partial charge is 0.407 e. The summed E-state index contributed by atoms with van der Waals surface area (Å²) in [5.74, 6) is 0.775. The van der Waals surface area contributed by atoms with Gasteiger partial charge in [0.05, 0.1) is 0 Å². The predicted octanol–water partition coefficient (Wildman–Crippen LogP) is 1.38. The van der Waals surface area contributed by atoms with Crippen LogP contribution in [-0.2, 0) is 4.79 Å². The molecule has 0 aromatic carbocycles. The Hall–Kier alpha value is -1.32. The fourth-order valence-corrected chi connectivity index (χ4v) is 2.86. The maximum atomic E-state index is 11.6. The van der Waals surface area contributed by atoms with Crippen LogP contribution in [0.4, 0.5) is 4.79 Å². The SMILES string of the molecule is C=CC[C@@H]1C(=O)C[C@H]2CN(C(=O)O)C[C@H]21. The molecule has 2 rings (SSSR count). The Kier molecular flexibility index (Phi) is 2.50. The van der Waals surface area contributed by atoms with Crippen molar-refractivity contribution in [3.63, 3.8) is 0 Å². The van der Waals surface area contributed by atoms with Crippen LogP contribution >= 0.6 is 0 Å². The van der Waals surface area contributed by atoms with Crippen LogP contribution < -0.4 is 0 Å². The van der Waals surface area contributed by atoms with Gasteiger partial charge in [0.15, 0.2) is 0 Å². The topological polar surface area (TPSA) is 57.6 Å². The largest absolute Gasteiger partial charge is 0.465 e. The zero-order chi connectivity index (χ0) is 11.0. The molecule has 4 heteroatoms. The summed E-state index contributed by atoms with van der Waals surface area (Å²) in [5, 5.41) is 8.87. The van der Waals surface area contributed by atoms with E-state index in [0.29, 0.717) is 25.9 Å². The lowest BCUT2D eigenvalue weighted by Crippen LogP contribution is -2.29. The number of carbonyl (C=O) groups excluding carboxylic acids is 1. The number of amides is 1. The first-order valence-electron chi connectivity index (χ1n) is 5.25. The lowest BCUT2D eigenvalue weighted by molar-refractivity contribution is -0.121. The number of fused-ring (bicyclic) bond motifs is 1. The van der Waals surface area contributed by atoms with Crippen LogP contribution in [0.3, 0.4) is 0 Å². The molecule has 1 saturated heterocycles. The quantitative estimate of drug-likeness (QED) is 0.699. The summed E-state index contributed by atoms with van der Waals surface area (Å²) < 4.78 is 0. The van der Waals surface area contributed by atoms with Crippen molar-refractivity contribution in [3.8, 4) is 0 Å². The number of likely N-dealkylation sites (tertiary alicyclic amines) is 1. The molecule has 3 atom stereocenters. The molecule has 2 fully saturated rings. The third-order valence-corrected chi connectivity index (χ3v) is 3.58. The average Bonchev–Trinajstić information content (AvgIpc) is 2.67. The summed E-state index contributed by atoms with van der Waals surface area (Å²) in [7, 11) is 0. The number of nitrogens with zero attached hydrogens (tertiary/aromatic N) is 1. The number of ketones is 1. The van der Waals surface area contributed by atoms with Gasteiger partial charge in [-0.3, -0.25) is 4.79 Å². The average molecular weight is 209 g/mol. The molecular formula is C11H15NO3. The lowest BCUT2D eigenvalue weighted by atomic mass is 9.90. The Bertz CT molecular complexity index is 313. The molecule has 82 valence electrons. The Labute approximate surface area is 88.6 Å². The third-order valence-electron chi connectivity index (χ3n) is 3.58. The summed E-state index contributed by atoms with van der Waals surface area (Å²) in [6.07, 6.45) is 2.13. The molecule has 0 aromatic heterocycles. The van der Waals surface area contributed by atoms with Gasteiger partial charge in [0.1, 0.15) is 5.78 Å². The summed E-state index contributed by atoms with van der Waals surface area (Å²) in [6.45, 7) is 4.69. The van der Waals surface area contributed by atoms with Gasteiger partial charge in [-0.25, -0.2) is 4.79 Å². The van der Waals surface area contributed by atoms with Crippen molar-refractivity contribution in [3.05, 3.63) is 12.7 Å². The standard InChI is InChI=1S/C11H15NO3/c1-2-3-8-9-6-12(11(14)15)5-7(9)4-10(8)13/h2,7-9H,1,3-6H2,(H,14,15)/t7-,8-,9+/m0/s1. The highest BCUT2D eigenvalue weighted by Crippen LogP contribution is 2.41. The third kappa shape index (κ3) is 1.64. The van der Waals surface area contributed by atoms with Crippen LogP contribution in [-0.4, -0.2) is 35.0 Å². The number of Topliss-reactive ketones (excluding diaryl/α,β-unsaturated/α-hetero) is 1. The van der Waals surface area contributed by atoms with E-state index in [1.165, 1.54) is 4.90 Å². The van der Waals surface area contributed by atoms with E-state index in [4.69, 9.17) is 5.11 Å². The summed E-state index contributed by atoms with van der Waals surface area (Å²) in [4.78, 5) is 23.9. The molecule has 1 amide bonds. The highest BCUT2D eigenvalue weighted by atomic mass is 16.4. The van der Waals surface area contributed by atoms with Crippen molar-refractivity contribution in [1.82, 2.24) is 4.90 Å². The van der Waals surface area contributed by atoms with Gasteiger partial charge in [-0.05, 0) is 18.3 Å². The molecule has 1 N–H and O–H groups in total. The van der Waals surface area contributed by atoms with Crippen molar-refractivity contribution in [1.29, 1.82) is 0 Å². The van der Waals surface area contributed by atoms with Gasteiger partial charge in [0.25, 0.3) is 0 Å². The molecule has 1 aliphatic carbocycles. The number of rotatable bonds is 2. The molecule has 4 nitrogen and oxygen atoms in total. The molecule has 0 aromatic rings. The molecule has 1 aliphatic heterocycles. The summed E-state index contributed by atoms with van der Waals surface area (Å²) in [6, 6.07) is 0. The zero-order valence-corrected chi connectivity index (χ0v) is 8.56. The van der Waals surface area contributed by atoms with Crippen LogP contribution in [0.1, 0.15) is 12.8 Å². The Morgan fingerprint density at radius 2 is 2.33 bits per heavy atom. The van der Waals surface area contributed by atoms with Crippen molar-refractivity contribution in [2.24, 2.45) is 17.8 Å². The van der Waals surface area contributed by atoms with Gasteiger partial charge in [0, 0.05) is 25.4 Å². The van der Waals surface area contributed by atoms with E-state index in [1.54, 1.807) is 6.08 Å². The molecular weight excluding hydrogens is 194 g/mol. The zero-order valence-electron chi connectivity index (χ0n) is 8.56. The Balaban J connectivity index is 2.08. The molecule has 0 radical (unpaired) electrons. The van der Waals surface area contributed by atoms with E-state index < -0.39 is 6.09 Å². The molecule has 1 heterocycles. The van der Waals surface area contributed by atoms with Crippen LogP contribution in [0.25, 0.3) is 0 Å². The van der Waals surface area contributed by atoms with Crippen molar-refractivity contribution < 1.29 is 14.7 Å². The molecule has 0 unspecified atom stereocenters. The van der Waals surface area contributed by atoms with E-state index in [2.05, 4.69) is 6.58 Å². The van der Waals surface area contributed by atoms with Gasteiger partial charge in [-0.15, -0.1) is 6.58 Å². The maximum absolute atomic E-state index is 11.6. The van der Waals surface area contributed by atoms with E-state index in [9.17, 15) is 9.59 Å². The minimum absolute atomic E-state index is 0.0110. The van der Waals surface area contributed by atoms with Gasteiger partial charge < -0.3 is 10.0 Å². The van der Waals surface area contributed by atoms with Crippen LogP contribution in [0.15, 0.2) is 12.7 Å². The fourth-order valence-electron chi connectivity index (χ4n) is 2.86. The Morgan fingerprint density at radius 1 is 1.60 bits per heavy atom. The molecule has 1 saturated carbocycles. The van der Waals surface area contributed by atoms with Crippen LogP contribution in [0, 0.1) is 17.8 Å². The predicted molar refractivity (Wildman–Crippen MR) is 54.5 cm³/mol. The molecule has 2 aliphatic rings. The molecule has 15 heavy (non-hydrogen) atoms. The first kappa shape index (κ1) is 10.2. The van der Waals surface area contributed by atoms with Gasteiger partial charge >= 0.3 is 6.09 Å². The number of carbonyl (C=O) groups is 2. The minimum atomic E-state index is -0.866. The highest BCUT2D eigenvalue weighted by molar-refractivity contribution is 5.84. The number of hydrogen-bond donors (Lipinski definition) is 1. The van der Waals surface area contributed by atoms with E-state index in [0.717, 1.165) is 0 Å². The normalized spacial score (nSPS) is 34.3. The second kappa shape index (κ2) is 3.68. The number of hydrogen-bond acceptors (Lipinski definition) is 2. The van der Waals surface area contributed by atoms with Crippen LogP contribution in [0.2, 0.25) is 0 Å².